The quantitative estimate of drug-likeness (QED) is 0.792. The van der Waals surface area contributed by atoms with E-state index in [-0.39, 0.29) is 29.8 Å². The van der Waals surface area contributed by atoms with E-state index in [1.807, 2.05) is 17.0 Å². The fourth-order valence-electron chi connectivity index (χ4n) is 4.86. The summed E-state index contributed by atoms with van der Waals surface area (Å²) in [6.07, 6.45) is 0. The number of fused-ring (bicyclic) bond motifs is 4. The Morgan fingerprint density at radius 2 is 1.94 bits per heavy atom. The molecule has 4 atom stereocenters. The zero-order valence-electron chi connectivity index (χ0n) is 16.5. The SMILES string of the molecule is O=C(Nc1ccc2c(c1)C1=NOCC1CO2)NC1[C@H]2CN(c3ccc(F)cc3F)C[C@@H]12. The number of halogens is 2. The maximum Gasteiger partial charge on any atom is 0.319 e. The van der Waals surface area contributed by atoms with Gasteiger partial charge in [-0.25, -0.2) is 13.6 Å². The van der Waals surface area contributed by atoms with E-state index in [4.69, 9.17) is 9.57 Å². The molecule has 1 aliphatic carbocycles. The maximum atomic E-state index is 14.0. The van der Waals surface area contributed by atoms with Crippen LogP contribution in [0.25, 0.3) is 0 Å². The van der Waals surface area contributed by atoms with Gasteiger partial charge in [-0.15, -0.1) is 0 Å². The molecule has 1 saturated carbocycles. The summed E-state index contributed by atoms with van der Waals surface area (Å²) in [5, 5.41) is 10.00. The van der Waals surface area contributed by atoms with Gasteiger partial charge in [0.1, 0.15) is 36.3 Å². The summed E-state index contributed by atoms with van der Waals surface area (Å²) >= 11 is 0. The van der Waals surface area contributed by atoms with Gasteiger partial charge in [0, 0.05) is 48.3 Å². The molecule has 2 aromatic rings. The Morgan fingerprint density at radius 3 is 2.74 bits per heavy atom. The summed E-state index contributed by atoms with van der Waals surface area (Å²) < 4.78 is 32.9. The molecular weight excluding hydrogens is 406 g/mol. The van der Waals surface area contributed by atoms with Gasteiger partial charge in [0.2, 0.25) is 0 Å². The lowest BCUT2D eigenvalue weighted by Gasteiger charge is -2.23. The molecule has 3 heterocycles. The van der Waals surface area contributed by atoms with Gasteiger partial charge < -0.3 is 25.1 Å². The summed E-state index contributed by atoms with van der Waals surface area (Å²) in [5.74, 6) is 0.237. The molecule has 160 valence electrons. The zero-order valence-corrected chi connectivity index (χ0v) is 16.5. The smallest absolute Gasteiger partial charge is 0.319 e. The molecule has 0 aromatic heterocycles. The first-order valence-corrected chi connectivity index (χ1v) is 10.3. The average Bonchev–Trinajstić information content (AvgIpc) is 3.14. The second-order valence-corrected chi connectivity index (χ2v) is 8.44. The molecule has 4 aliphatic rings. The van der Waals surface area contributed by atoms with E-state index in [1.165, 1.54) is 12.1 Å². The number of nitrogens with one attached hydrogen (secondary N) is 2. The van der Waals surface area contributed by atoms with Crippen molar-refractivity contribution in [1.82, 2.24) is 5.32 Å². The molecule has 0 bridgehead atoms. The number of oxime groups is 1. The first-order valence-electron chi connectivity index (χ1n) is 10.3. The molecular formula is C22H20F2N4O3. The molecule has 31 heavy (non-hydrogen) atoms. The Labute approximate surface area is 177 Å². The van der Waals surface area contributed by atoms with E-state index in [0.717, 1.165) is 23.1 Å². The standard InChI is InChI=1S/C22H20F2N4O3/c23-12-1-3-18(17(24)5-12)28-7-15-16(8-28)21(15)26-22(29)25-13-2-4-19-14(6-13)20-11(9-30-19)10-31-27-20/h1-6,11,15-16,21H,7-10H2,(H2,25,26,29)/t11?,15-,16+,21?. The van der Waals surface area contributed by atoms with Crippen molar-refractivity contribution in [3.63, 3.8) is 0 Å². The van der Waals surface area contributed by atoms with E-state index >= 15 is 0 Å². The number of amides is 2. The minimum Gasteiger partial charge on any atom is -0.492 e. The van der Waals surface area contributed by atoms with Crippen LogP contribution in [0.4, 0.5) is 25.0 Å². The second-order valence-electron chi connectivity index (χ2n) is 8.44. The summed E-state index contributed by atoms with van der Waals surface area (Å²) in [6.45, 7) is 2.32. The topological polar surface area (TPSA) is 75.2 Å². The van der Waals surface area contributed by atoms with Gasteiger partial charge >= 0.3 is 6.03 Å². The molecule has 1 saturated heterocycles. The van der Waals surface area contributed by atoms with Crippen molar-refractivity contribution in [2.45, 2.75) is 6.04 Å². The van der Waals surface area contributed by atoms with Crippen LogP contribution in [-0.2, 0) is 4.84 Å². The normalized spacial score (nSPS) is 27.3. The van der Waals surface area contributed by atoms with Crippen LogP contribution in [0.2, 0.25) is 0 Å². The number of benzene rings is 2. The van der Waals surface area contributed by atoms with Crippen molar-refractivity contribution in [2.24, 2.45) is 22.9 Å². The number of carbonyl (C=O) groups is 1. The van der Waals surface area contributed by atoms with Crippen LogP contribution >= 0.6 is 0 Å². The van der Waals surface area contributed by atoms with Gasteiger partial charge in [-0.2, -0.15) is 0 Å². The third-order valence-electron chi connectivity index (χ3n) is 6.52. The maximum absolute atomic E-state index is 14.0. The summed E-state index contributed by atoms with van der Waals surface area (Å²) in [6, 6.07) is 8.87. The first-order chi connectivity index (χ1) is 15.1. The van der Waals surface area contributed by atoms with E-state index in [0.29, 0.717) is 37.7 Å². The molecule has 2 N–H and O–H groups in total. The summed E-state index contributed by atoms with van der Waals surface area (Å²) in [7, 11) is 0. The van der Waals surface area contributed by atoms with E-state index < -0.39 is 11.6 Å². The number of ether oxygens (including phenoxy) is 1. The number of anilines is 2. The molecule has 0 spiro atoms. The van der Waals surface area contributed by atoms with Crippen LogP contribution in [0.1, 0.15) is 5.56 Å². The van der Waals surface area contributed by atoms with Crippen molar-refractivity contribution in [3.05, 3.63) is 53.6 Å². The number of hydrogen-bond donors (Lipinski definition) is 2. The largest absolute Gasteiger partial charge is 0.492 e. The van der Waals surface area contributed by atoms with Gasteiger partial charge in [-0.05, 0) is 30.3 Å². The average molecular weight is 426 g/mol. The highest BCUT2D eigenvalue weighted by atomic mass is 19.1. The Balaban J connectivity index is 1.07. The lowest BCUT2D eigenvalue weighted by Crippen LogP contribution is -2.37. The van der Waals surface area contributed by atoms with Crippen LogP contribution < -0.4 is 20.3 Å². The highest BCUT2D eigenvalue weighted by Crippen LogP contribution is 2.47. The highest BCUT2D eigenvalue weighted by Gasteiger charge is 2.56. The predicted molar refractivity (Wildman–Crippen MR) is 109 cm³/mol. The Morgan fingerprint density at radius 1 is 1.10 bits per heavy atom. The number of carbonyl (C=O) groups excluding carboxylic acids is 1. The first kappa shape index (κ1) is 18.4. The van der Waals surface area contributed by atoms with Crippen molar-refractivity contribution in [2.75, 3.05) is 36.5 Å². The van der Waals surface area contributed by atoms with Crippen molar-refractivity contribution in [1.29, 1.82) is 0 Å². The van der Waals surface area contributed by atoms with Gasteiger partial charge in [0.15, 0.2) is 0 Å². The number of nitrogens with zero attached hydrogens (tertiary/aromatic N) is 2. The number of urea groups is 1. The highest BCUT2D eigenvalue weighted by molar-refractivity contribution is 6.07. The van der Waals surface area contributed by atoms with Crippen molar-refractivity contribution >= 4 is 23.1 Å². The minimum absolute atomic E-state index is 0.0534. The number of piperidine rings is 1. The third kappa shape index (κ3) is 3.15. The minimum atomic E-state index is -0.585. The molecule has 6 rings (SSSR count). The molecule has 2 amide bonds. The molecule has 9 heteroatoms. The number of rotatable bonds is 3. The molecule has 2 fully saturated rings. The zero-order chi connectivity index (χ0) is 21.1. The molecule has 0 radical (unpaired) electrons. The Kier molecular flexibility index (Phi) is 4.06. The monoisotopic (exact) mass is 426 g/mol. The fourth-order valence-corrected chi connectivity index (χ4v) is 4.86. The molecule has 3 aliphatic heterocycles. The van der Waals surface area contributed by atoms with Gasteiger partial charge in [0.25, 0.3) is 0 Å². The molecule has 7 nitrogen and oxygen atoms in total. The van der Waals surface area contributed by atoms with Crippen LogP contribution in [0.15, 0.2) is 41.6 Å². The van der Waals surface area contributed by atoms with E-state index in [2.05, 4.69) is 15.8 Å². The third-order valence-corrected chi connectivity index (χ3v) is 6.52. The molecule has 2 aromatic carbocycles. The van der Waals surface area contributed by atoms with Crippen LogP contribution in [-0.4, -0.2) is 44.1 Å². The summed E-state index contributed by atoms with van der Waals surface area (Å²) in [4.78, 5) is 19.6. The van der Waals surface area contributed by atoms with Crippen molar-refractivity contribution < 1.29 is 23.1 Å². The molecule has 2 unspecified atom stereocenters. The fraction of sp³-hybridized carbons (Fsp3) is 0.364. The Hall–Kier alpha value is -3.36. The van der Waals surface area contributed by atoms with Crippen LogP contribution in [0.3, 0.4) is 0 Å². The lowest BCUT2D eigenvalue weighted by molar-refractivity contribution is 0.137. The van der Waals surface area contributed by atoms with Gasteiger partial charge in [0.05, 0.1) is 11.6 Å². The lowest BCUT2D eigenvalue weighted by atomic mass is 9.95. The Bertz CT molecular complexity index is 1100. The van der Waals surface area contributed by atoms with Crippen LogP contribution in [0, 0.1) is 29.4 Å². The van der Waals surface area contributed by atoms with Crippen LogP contribution in [0.5, 0.6) is 5.75 Å². The van der Waals surface area contributed by atoms with Crippen molar-refractivity contribution in [3.8, 4) is 5.75 Å². The predicted octanol–water partition coefficient (Wildman–Crippen LogP) is 2.96. The van der Waals surface area contributed by atoms with Gasteiger partial charge in [-0.3, -0.25) is 0 Å². The van der Waals surface area contributed by atoms with E-state index in [9.17, 15) is 13.6 Å². The second kappa shape index (κ2) is 6.83. The number of hydrogen-bond acceptors (Lipinski definition) is 5. The van der Waals surface area contributed by atoms with E-state index in [1.54, 1.807) is 6.07 Å². The van der Waals surface area contributed by atoms with Gasteiger partial charge in [-0.1, -0.05) is 5.16 Å². The summed E-state index contributed by atoms with van der Waals surface area (Å²) in [5.41, 5.74) is 2.75.